The van der Waals surface area contributed by atoms with Crippen LogP contribution < -0.4 is 5.56 Å². The number of rotatable bonds is 4. The SMILES string of the molecule is O=c1cc2c(nn1CC1CCN(S(=O)(=O)c3cccc4cccnc34)CC1)CCCC2. The smallest absolute Gasteiger partial charge is 0.267 e. The van der Waals surface area contributed by atoms with Crippen molar-refractivity contribution in [2.45, 2.75) is 50.0 Å². The number of pyridine rings is 1. The maximum Gasteiger partial charge on any atom is 0.267 e. The first-order valence-corrected chi connectivity index (χ1v) is 12.4. The van der Waals surface area contributed by atoms with E-state index in [-0.39, 0.29) is 16.4 Å². The number of aromatic nitrogens is 3. The molecule has 0 N–H and O–H groups in total. The van der Waals surface area contributed by atoms with E-state index in [2.05, 4.69) is 10.1 Å². The normalized spacial score (nSPS) is 18.2. The fourth-order valence-corrected chi connectivity index (χ4v) is 6.37. The largest absolute Gasteiger partial charge is 0.268 e. The quantitative estimate of drug-likeness (QED) is 0.625. The molecule has 8 heteroatoms. The van der Waals surface area contributed by atoms with Crippen LogP contribution in [-0.4, -0.2) is 40.6 Å². The van der Waals surface area contributed by atoms with E-state index >= 15 is 0 Å². The topological polar surface area (TPSA) is 85.2 Å². The summed E-state index contributed by atoms with van der Waals surface area (Å²) in [6, 6.07) is 10.7. The number of benzene rings is 1. The summed E-state index contributed by atoms with van der Waals surface area (Å²) in [6.07, 6.45) is 7.17. The van der Waals surface area contributed by atoms with Gasteiger partial charge in [-0.2, -0.15) is 9.40 Å². The van der Waals surface area contributed by atoms with Gasteiger partial charge in [-0.05, 0) is 62.1 Å². The van der Waals surface area contributed by atoms with Gasteiger partial charge in [0.15, 0.2) is 0 Å². The second kappa shape index (κ2) is 8.16. The van der Waals surface area contributed by atoms with Crippen LogP contribution in [0.5, 0.6) is 0 Å². The molecule has 1 fully saturated rings. The zero-order chi connectivity index (χ0) is 21.4. The molecule has 0 bridgehead atoms. The lowest BCUT2D eigenvalue weighted by Gasteiger charge is -2.31. The molecule has 2 aliphatic rings. The zero-order valence-electron chi connectivity index (χ0n) is 17.4. The van der Waals surface area contributed by atoms with Gasteiger partial charge in [-0.15, -0.1) is 0 Å². The molecule has 0 amide bonds. The van der Waals surface area contributed by atoms with Gasteiger partial charge in [-0.3, -0.25) is 9.78 Å². The van der Waals surface area contributed by atoms with Crippen molar-refractivity contribution in [1.82, 2.24) is 19.1 Å². The van der Waals surface area contributed by atoms with E-state index in [0.717, 1.165) is 42.3 Å². The average Bonchev–Trinajstić information content (AvgIpc) is 2.79. The van der Waals surface area contributed by atoms with E-state index in [0.29, 0.717) is 38.0 Å². The van der Waals surface area contributed by atoms with Gasteiger partial charge >= 0.3 is 0 Å². The van der Waals surface area contributed by atoms with Crippen LogP contribution in [0, 0.1) is 5.92 Å². The van der Waals surface area contributed by atoms with E-state index in [1.54, 1.807) is 39.4 Å². The van der Waals surface area contributed by atoms with E-state index in [4.69, 9.17) is 0 Å². The number of piperidine rings is 1. The summed E-state index contributed by atoms with van der Waals surface area (Å²) in [5.74, 6) is 0.240. The molecule has 0 unspecified atom stereocenters. The molecule has 3 heterocycles. The molecule has 0 saturated carbocycles. The summed E-state index contributed by atoms with van der Waals surface area (Å²) >= 11 is 0. The summed E-state index contributed by atoms with van der Waals surface area (Å²) in [7, 11) is -3.62. The summed E-state index contributed by atoms with van der Waals surface area (Å²) < 4.78 is 29.7. The van der Waals surface area contributed by atoms with E-state index in [1.807, 2.05) is 12.1 Å². The van der Waals surface area contributed by atoms with Gasteiger partial charge in [0.25, 0.3) is 5.56 Å². The van der Waals surface area contributed by atoms with Crippen molar-refractivity contribution in [1.29, 1.82) is 0 Å². The third-order valence-electron chi connectivity index (χ3n) is 6.49. The number of sulfonamides is 1. The van der Waals surface area contributed by atoms with E-state index < -0.39 is 10.0 Å². The van der Waals surface area contributed by atoms with Crippen LogP contribution in [0.15, 0.2) is 52.3 Å². The maximum atomic E-state index is 13.3. The molecule has 162 valence electrons. The van der Waals surface area contributed by atoms with Crippen molar-refractivity contribution in [3.05, 3.63) is 64.2 Å². The Morgan fingerprint density at radius 2 is 1.81 bits per heavy atom. The predicted octanol–water partition coefficient (Wildman–Crippen LogP) is 2.77. The third kappa shape index (κ3) is 3.90. The van der Waals surface area contributed by atoms with Crippen LogP contribution >= 0.6 is 0 Å². The number of hydrogen-bond donors (Lipinski definition) is 0. The van der Waals surface area contributed by atoms with Crippen LogP contribution in [0.25, 0.3) is 10.9 Å². The fourth-order valence-electron chi connectivity index (χ4n) is 4.73. The molecule has 1 saturated heterocycles. The molecule has 0 spiro atoms. The Labute approximate surface area is 181 Å². The molecule has 7 nitrogen and oxygen atoms in total. The van der Waals surface area contributed by atoms with Gasteiger partial charge in [0.05, 0.1) is 11.2 Å². The average molecular weight is 439 g/mol. The Balaban J connectivity index is 1.31. The molecule has 0 radical (unpaired) electrons. The minimum Gasteiger partial charge on any atom is -0.268 e. The maximum absolute atomic E-state index is 13.3. The molecular formula is C23H26N4O3S. The Hall–Kier alpha value is -2.58. The zero-order valence-corrected chi connectivity index (χ0v) is 18.2. The fraction of sp³-hybridized carbons (Fsp3) is 0.435. The van der Waals surface area contributed by atoms with Crippen molar-refractivity contribution in [2.24, 2.45) is 5.92 Å². The molecule has 1 aliphatic carbocycles. The second-order valence-corrected chi connectivity index (χ2v) is 10.4. The molecule has 0 atom stereocenters. The van der Waals surface area contributed by atoms with Gasteiger partial charge < -0.3 is 0 Å². The standard InChI is InChI=1S/C23H26N4O3S/c28-22-15-19-5-1-2-8-20(19)25-27(22)16-17-10-13-26(14-11-17)31(29,30)21-9-3-6-18-7-4-12-24-23(18)21/h3-4,6-7,9,12,15,17H,1-2,5,8,10-11,13-14,16H2. The molecular weight excluding hydrogens is 412 g/mol. The van der Waals surface area contributed by atoms with Crippen molar-refractivity contribution >= 4 is 20.9 Å². The number of nitrogens with zero attached hydrogens (tertiary/aromatic N) is 4. The van der Waals surface area contributed by atoms with Gasteiger partial charge in [-0.25, -0.2) is 13.1 Å². The molecule has 1 aliphatic heterocycles. The minimum absolute atomic E-state index is 0.0440. The first kappa shape index (κ1) is 20.3. The molecule has 3 aromatic rings. The van der Waals surface area contributed by atoms with Crippen LogP contribution in [0.4, 0.5) is 0 Å². The molecule has 1 aromatic carbocycles. The van der Waals surface area contributed by atoms with Crippen LogP contribution in [0.1, 0.15) is 36.9 Å². The molecule has 31 heavy (non-hydrogen) atoms. The highest BCUT2D eigenvalue weighted by Gasteiger charge is 2.31. The lowest BCUT2D eigenvalue weighted by atomic mass is 9.96. The Bertz CT molecular complexity index is 1270. The molecule has 5 rings (SSSR count). The summed E-state index contributed by atoms with van der Waals surface area (Å²) in [5.41, 5.74) is 2.61. The van der Waals surface area contributed by atoms with Gasteiger partial charge in [0, 0.05) is 37.3 Å². The van der Waals surface area contributed by atoms with Crippen LogP contribution in [0.3, 0.4) is 0 Å². The summed E-state index contributed by atoms with van der Waals surface area (Å²) in [5, 5.41) is 5.44. The van der Waals surface area contributed by atoms with Crippen molar-refractivity contribution < 1.29 is 8.42 Å². The predicted molar refractivity (Wildman–Crippen MR) is 118 cm³/mol. The minimum atomic E-state index is -3.62. The lowest BCUT2D eigenvalue weighted by molar-refractivity contribution is 0.243. The highest BCUT2D eigenvalue weighted by molar-refractivity contribution is 7.89. The first-order valence-electron chi connectivity index (χ1n) is 11.0. The highest BCUT2D eigenvalue weighted by Crippen LogP contribution is 2.28. The first-order chi connectivity index (χ1) is 15.0. The van der Waals surface area contributed by atoms with Gasteiger partial charge in [-0.1, -0.05) is 18.2 Å². The van der Waals surface area contributed by atoms with Gasteiger partial charge in [0.2, 0.25) is 10.0 Å². The Morgan fingerprint density at radius 3 is 2.65 bits per heavy atom. The van der Waals surface area contributed by atoms with E-state index in [1.165, 1.54) is 0 Å². The number of hydrogen-bond acceptors (Lipinski definition) is 5. The monoisotopic (exact) mass is 438 g/mol. The van der Waals surface area contributed by atoms with Crippen LogP contribution in [0.2, 0.25) is 0 Å². The Kier molecular flexibility index (Phi) is 5.35. The Morgan fingerprint density at radius 1 is 1.03 bits per heavy atom. The van der Waals surface area contributed by atoms with Crippen molar-refractivity contribution in [3.8, 4) is 0 Å². The van der Waals surface area contributed by atoms with Crippen molar-refractivity contribution in [3.63, 3.8) is 0 Å². The summed E-state index contributed by atoms with van der Waals surface area (Å²) in [6.45, 7) is 1.43. The lowest BCUT2D eigenvalue weighted by Crippen LogP contribution is -2.40. The number of aryl methyl sites for hydroxylation is 2. The highest BCUT2D eigenvalue weighted by atomic mass is 32.2. The summed E-state index contributed by atoms with van der Waals surface area (Å²) in [4.78, 5) is 17.1. The van der Waals surface area contributed by atoms with Crippen LogP contribution in [-0.2, 0) is 29.4 Å². The number of fused-ring (bicyclic) bond motifs is 2. The number of para-hydroxylation sites is 1. The third-order valence-corrected chi connectivity index (χ3v) is 8.42. The van der Waals surface area contributed by atoms with Gasteiger partial charge in [0.1, 0.15) is 4.90 Å². The second-order valence-electron chi connectivity index (χ2n) is 8.52. The molecule has 2 aromatic heterocycles. The van der Waals surface area contributed by atoms with Crippen molar-refractivity contribution in [2.75, 3.05) is 13.1 Å². The van der Waals surface area contributed by atoms with E-state index in [9.17, 15) is 13.2 Å².